The van der Waals surface area contributed by atoms with Crippen LogP contribution >= 0.6 is 0 Å². The van der Waals surface area contributed by atoms with Gasteiger partial charge in [0.05, 0.1) is 5.56 Å². The van der Waals surface area contributed by atoms with Crippen LogP contribution in [0.15, 0.2) is 42.5 Å². The zero-order chi connectivity index (χ0) is 20.0. The predicted molar refractivity (Wildman–Crippen MR) is 89.5 cm³/mol. The fourth-order valence-electron chi connectivity index (χ4n) is 2.04. The van der Waals surface area contributed by atoms with E-state index in [2.05, 4.69) is 10.7 Å². The molecule has 27 heavy (non-hydrogen) atoms. The summed E-state index contributed by atoms with van der Waals surface area (Å²) >= 11 is 0. The number of amides is 1. The van der Waals surface area contributed by atoms with E-state index in [-0.39, 0.29) is 5.69 Å². The molecule has 0 saturated heterocycles. The van der Waals surface area contributed by atoms with Crippen molar-refractivity contribution in [3.8, 4) is 5.75 Å². The zero-order valence-electron chi connectivity index (χ0n) is 13.8. The third-order valence-corrected chi connectivity index (χ3v) is 3.27. The largest absolute Gasteiger partial charge is 0.484 e. The number of rotatable bonds is 6. The second-order valence-corrected chi connectivity index (χ2v) is 5.23. The van der Waals surface area contributed by atoms with Gasteiger partial charge in [-0.05, 0) is 42.5 Å². The molecule has 0 spiro atoms. The van der Waals surface area contributed by atoms with Crippen LogP contribution in [-0.4, -0.2) is 23.5 Å². The number of benzene rings is 2. The van der Waals surface area contributed by atoms with Crippen molar-refractivity contribution in [1.29, 1.82) is 0 Å². The van der Waals surface area contributed by atoms with Gasteiger partial charge >= 0.3 is 6.18 Å². The van der Waals surface area contributed by atoms with Gasteiger partial charge in [-0.3, -0.25) is 10.6 Å². The molecule has 6 N–H and O–H groups in total. The van der Waals surface area contributed by atoms with Gasteiger partial charge in [-0.1, -0.05) is 0 Å². The lowest BCUT2D eigenvalue weighted by molar-refractivity contribution is -0.449. The summed E-state index contributed by atoms with van der Waals surface area (Å²) in [4.78, 5) is 11.8. The third kappa shape index (κ3) is 5.57. The van der Waals surface area contributed by atoms with E-state index < -0.39 is 30.1 Å². The Labute approximate surface area is 151 Å². The smallest absolute Gasteiger partial charge is 0.419 e. The molecule has 0 unspecified atom stereocenters. The van der Waals surface area contributed by atoms with E-state index in [1.54, 1.807) is 12.1 Å². The number of nitrogens with one attached hydrogen (secondary N) is 2. The summed E-state index contributed by atoms with van der Waals surface area (Å²) in [5.41, 5.74) is 1.17. The molecule has 7 nitrogen and oxygen atoms in total. The van der Waals surface area contributed by atoms with Crippen molar-refractivity contribution < 1.29 is 31.8 Å². The molecule has 0 bridgehead atoms. The molecule has 0 radical (unpaired) electrons. The number of hydrogen-bond donors (Lipinski definition) is 4. The van der Waals surface area contributed by atoms with Crippen molar-refractivity contribution in [2.24, 2.45) is 11.7 Å². The standard InChI is InChI=1S/C16H15F4N5O2/c17-14-6-1-10(7-13(14)16(18,19)20)24-15(26)8-27-12-4-2-11(3-5-12)25(22)9-23-21/h1-7,9H,8,21-22H2,(H,24,26)/p+1. The minimum Gasteiger partial charge on any atom is -0.484 e. The molecule has 2 rings (SSSR count). The molecule has 0 aliphatic rings. The second-order valence-electron chi connectivity index (χ2n) is 5.23. The molecule has 0 fully saturated rings. The number of anilines is 1. The number of ether oxygens (including phenoxy) is 1. The van der Waals surface area contributed by atoms with E-state index in [1.165, 1.54) is 23.2 Å². The summed E-state index contributed by atoms with van der Waals surface area (Å²) in [6, 6.07) is 8.42. The SMILES string of the molecule is NN/C=[N+](\N)c1ccc(OCC(=O)Nc2ccc(F)c(C(F)(F)F)c2)cc1. The maximum Gasteiger partial charge on any atom is 0.419 e. The topological polar surface area (TPSA) is 105 Å². The number of carbonyl (C=O) groups excluding carboxylic acids is 1. The average molecular weight is 386 g/mol. The van der Waals surface area contributed by atoms with Crippen molar-refractivity contribution in [3.05, 3.63) is 53.8 Å². The highest BCUT2D eigenvalue weighted by Gasteiger charge is 2.34. The molecule has 2 aromatic rings. The van der Waals surface area contributed by atoms with Gasteiger partial charge in [-0.25, -0.2) is 9.82 Å². The molecule has 11 heteroatoms. The highest BCUT2D eigenvalue weighted by atomic mass is 19.4. The first-order valence-corrected chi connectivity index (χ1v) is 7.43. The summed E-state index contributed by atoms with van der Waals surface area (Å²) in [5, 5.41) is 2.21. The van der Waals surface area contributed by atoms with E-state index in [9.17, 15) is 22.4 Å². The molecule has 0 heterocycles. The minimum absolute atomic E-state index is 0.198. The Morgan fingerprint density at radius 3 is 2.44 bits per heavy atom. The summed E-state index contributed by atoms with van der Waals surface area (Å²) in [5.74, 6) is 8.94. The number of hydrazone groups is 1. The molecule has 0 aromatic heterocycles. The first kappa shape index (κ1) is 20.0. The summed E-state index contributed by atoms with van der Waals surface area (Å²) in [7, 11) is 0. The first-order valence-electron chi connectivity index (χ1n) is 7.43. The minimum atomic E-state index is -4.86. The molecule has 0 atom stereocenters. The average Bonchev–Trinajstić information content (AvgIpc) is 2.61. The van der Waals surface area contributed by atoms with Gasteiger partial charge in [0.2, 0.25) is 0 Å². The number of halogens is 4. The van der Waals surface area contributed by atoms with Gasteiger partial charge in [0.15, 0.2) is 12.3 Å². The maximum absolute atomic E-state index is 13.2. The quantitative estimate of drug-likeness (QED) is 0.152. The Balaban J connectivity index is 1.96. The summed E-state index contributed by atoms with van der Waals surface area (Å²) in [6.45, 7) is -0.457. The normalized spacial score (nSPS) is 11.8. The van der Waals surface area contributed by atoms with Gasteiger partial charge in [-0.15, -0.1) is 4.68 Å². The van der Waals surface area contributed by atoms with Crippen molar-refractivity contribution in [2.75, 3.05) is 11.9 Å². The van der Waals surface area contributed by atoms with Gasteiger partial charge in [-0.2, -0.15) is 19.0 Å². The fraction of sp³-hybridized carbons (Fsp3) is 0.125. The van der Waals surface area contributed by atoms with E-state index in [4.69, 9.17) is 16.4 Å². The highest BCUT2D eigenvalue weighted by Crippen LogP contribution is 2.33. The van der Waals surface area contributed by atoms with Gasteiger partial charge in [0.25, 0.3) is 12.2 Å². The lowest BCUT2D eigenvalue weighted by Crippen LogP contribution is -2.28. The van der Waals surface area contributed by atoms with E-state index in [0.717, 1.165) is 6.07 Å². The van der Waals surface area contributed by atoms with Crippen molar-refractivity contribution in [3.63, 3.8) is 0 Å². The van der Waals surface area contributed by atoms with Crippen LogP contribution in [0.25, 0.3) is 0 Å². The van der Waals surface area contributed by atoms with Crippen molar-refractivity contribution in [1.82, 2.24) is 5.43 Å². The number of nitrogens with two attached hydrogens (primary N) is 2. The van der Waals surface area contributed by atoms with Crippen LogP contribution in [0.1, 0.15) is 5.56 Å². The Morgan fingerprint density at radius 1 is 1.19 bits per heavy atom. The van der Waals surface area contributed by atoms with Crippen molar-refractivity contribution >= 4 is 23.6 Å². The molecule has 0 aliphatic carbocycles. The van der Waals surface area contributed by atoms with Crippen LogP contribution in [0.3, 0.4) is 0 Å². The van der Waals surface area contributed by atoms with Crippen LogP contribution in [0.4, 0.5) is 28.9 Å². The Bertz CT molecular complexity index is 838. The van der Waals surface area contributed by atoms with E-state index >= 15 is 0 Å². The monoisotopic (exact) mass is 386 g/mol. The van der Waals surface area contributed by atoms with Gasteiger partial charge < -0.3 is 10.1 Å². The van der Waals surface area contributed by atoms with Crippen LogP contribution in [0.2, 0.25) is 0 Å². The van der Waals surface area contributed by atoms with Crippen LogP contribution < -0.4 is 27.2 Å². The summed E-state index contributed by atoms with van der Waals surface area (Å²) < 4.78 is 57.7. The van der Waals surface area contributed by atoms with Crippen molar-refractivity contribution in [2.45, 2.75) is 6.18 Å². The number of nitrogens with zero attached hydrogens (tertiary/aromatic N) is 1. The van der Waals surface area contributed by atoms with E-state index in [0.29, 0.717) is 23.6 Å². The Morgan fingerprint density at radius 2 is 1.85 bits per heavy atom. The van der Waals surface area contributed by atoms with Crippen LogP contribution in [-0.2, 0) is 11.0 Å². The summed E-state index contributed by atoms with van der Waals surface area (Å²) in [6.07, 6.45) is -3.56. The van der Waals surface area contributed by atoms with Gasteiger partial charge in [0, 0.05) is 5.69 Å². The molecule has 1 amide bonds. The van der Waals surface area contributed by atoms with Crippen LogP contribution in [0.5, 0.6) is 5.75 Å². The lowest BCUT2D eigenvalue weighted by Gasteiger charge is -2.11. The zero-order valence-corrected chi connectivity index (χ0v) is 13.8. The number of alkyl halides is 3. The lowest BCUT2D eigenvalue weighted by atomic mass is 10.2. The second kappa shape index (κ2) is 8.36. The Kier molecular flexibility index (Phi) is 6.19. The molecular formula is C16H16F4N5O2+. The molecule has 144 valence electrons. The number of hydrazine groups is 2. The first-order chi connectivity index (χ1) is 12.7. The predicted octanol–water partition coefficient (Wildman–Crippen LogP) is 1.87. The number of carbonyl (C=O) groups is 1. The number of hydrogen-bond acceptors (Lipinski definition) is 4. The molecular weight excluding hydrogens is 370 g/mol. The maximum atomic E-state index is 13.2. The Hall–Kier alpha value is -3.34. The van der Waals surface area contributed by atoms with Gasteiger partial charge in [0.1, 0.15) is 11.6 Å². The molecule has 2 aromatic carbocycles. The molecule has 0 saturated carbocycles. The fourth-order valence-corrected chi connectivity index (χ4v) is 2.04. The van der Waals surface area contributed by atoms with Crippen LogP contribution in [0, 0.1) is 5.82 Å². The third-order valence-electron chi connectivity index (χ3n) is 3.27. The molecule has 0 aliphatic heterocycles. The van der Waals surface area contributed by atoms with E-state index in [1.807, 2.05) is 0 Å². The highest BCUT2D eigenvalue weighted by molar-refractivity contribution is 5.92.